The number of nitrogens with zero attached hydrogens (tertiary/aromatic N) is 1. The Labute approximate surface area is 98.5 Å². The van der Waals surface area contributed by atoms with Crippen LogP contribution in [0.15, 0.2) is 18.5 Å². The maximum absolute atomic E-state index is 4.28. The van der Waals surface area contributed by atoms with Gasteiger partial charge in [0.1, 0.15) is 0 Å². The Morgan fingerprint density at radius 2 is 2.25 bits per heavy atom. The van der Waals surface area contributed by atoms with Gasteiger partial charge in [0.2, 0.25) is 0 Å². The molecule has 1 atom stereocenters. The van der Waals surface area contributed by atoms with E-state index in [1.807, 2.05) is 12.4 Å². The van der Waals surface area contributed by atoms with Crippen molar-refractivity contribution < 1.29 is 0 Å². The van der Waals surface area contributed by atoms with Crippen LogP contribution >= 0.6 is 0 Å². The number of rotatable bonds is 5. The molecular formula is C14H22N2. The van der Waals surface area contributed by atoms with Gasteiger partial charge in [-0.2, -0.15) is 0 Å². The molecule has 2 nitrogen and oxygen atoms in total. The number of aryl methyl sites for hydroxylation is 1. The summed E-state index contributed by atoms with van der Waals surface area (Å²) in [6.07, 6.45) is 7.77. The first kappa shape index (κ1) is 11.6. The van der Waals surface area contributed by atoms with Crippen LogP contribution in [0.4, 0.5) is 0 Å². The van der Waals surface area contributed by atoms with Crippen molar-refractivity contribution in [1.82, 2.24) is 10.3 Å². The van der Waals surface area contributed by atoms with Gasteiger partial charge in [-0.1, -0.05) is 13.8 Å². The number of nitrogens with one attached hydrogen (secondary N) is 1. The highest BCUT2D eigenvalue weighted by molar-refractivity contribution is 5.28. The fourth-order valence-electron chi connectivity index (χ4n) is 2.28. The molecule has 2 rings (SSSR count). The molecule has 1 aromatic heterocycles. The Bertz CT molecular complexity index is 356. The van der Waals surface area contributed by atoms with Gasteiger partial charge in [-0.05, 0) is 55.3 Å². The van der Waals surface area contributed by atoms with Crippen LogP contribution in [0.5, 0.6) is 0 Å². The molecule has 0 saturated heterocycles. The largest absolute Gasteiger partial charge is 0.309 e. The van der Waals surface area contributed by atoms with Crippen molar-refractivity contribution in [2.75, 3.05) is 6.54 Å². The fourth-order valence-corrected chi connectivity index (χ4v) is 2.28. The molecule has 2 heteroatoms. The Morgan fingerprint density at radius 1 is 1.50 bits per heavy atom. The third kappa shape index (κ3) is 2.27. The minimum absolute atomic E-state index is 0.461. The normalized spacial score (nSPS) is 19.4. The lowest BCUT2D eigenvalue weighted by Gasteiger charge is -2.26. The van der Waals surface area contributed by atoms with Crippen LogP contribution in [-0.2, 0) is 0 Å². The summed E-state index contributed by atoms with van der Waals surface area (Å²) in [5.41, 5.74) is 3.20. The molecule has 1 saturated carbocycles. The molecule has 1 heterocycles. The summed E-state index contributed by atoms with van der Waals surface area (Å²) in [6.45, 7) is 7.88. The Morgan fingerprint density at radius 3 is 2.81 bits per heavy atom. The lowest BCUT2D eigenvalue weighted by Crippen LogP contribution is -2.29. The van der Waals surface area contributed by atoms with Gasteiger partial charge in [0.05, 0.1) is 0 Å². The van der Waals surface area contributed by atoms with Gasteiger partial charge in [0, 0.05) is 18.4 Å². The maximum atomic E-state index is 4.28. The molecule has 0 spiro atoms. The van der Waals surface area contributed by atoms with Gasteiger partial charge in [-0.15, -0.1) is 0 Å². The molecule has 0 radical (unpaired) electrons. The molecule has 1 aliphatic rings. The zero-order valence-corrected chi connectivity index (χ0v) is 10.6. The predicted molar refractivity (Wildman–Crippen MR) is 67.3 cm³/mol. The molecule has 1 aliphatic carbocycles. The van der Waals surface area contributed by atoms with Crippen LogP contribution in [0.3, 0.4) is 0 Å². The van der Waals surface area contributed by atoms with Crippen LogP contribution in [-0.4, -0.2) is 11.5 Å². The minimum Gasteiger partial charge on any atom is -0.309 e. The second kappa shape index (κ2) is 4.54. The van der Waals surface area contributed by atoms with Gasteiger partial charge in [-0.25, -0.2) is 0 Å². The first-order valence-electron chi connectivity index (χ1n) is 6.31. The second-order valence-electron chi connectivity index (χ2n) is 5.27. The molecular weight excluding hydrogens is 196 g/mol. The lowest BCUT2D eigenvalue weighted by molar-refractivity contribution is 0.364. The van der Waals surface area contributed by atoms with E-state index in [0.717, 1.165) is 6.54 Å². The standard InChI is InChI=1S/C14H22N2/c1-4-8-16-13(14(3)6-7-14)12-10-15-9-5-11(12)2/h5,9-10,13,16H,4,6-8H2,1-3H3. The average molecular weight is 218 g/mol. The van der Waals surface area contributed by atoms with Crippen LogP contribution in [0.1, 0.15) is 50.3 Å². The van der Waals surface area contributed by atoms with Crippen molar-refractivity contribution in [3.05, 3.63) is 29.6 Å². The topological polar surface area (TPSA) is 24.9 Å². The second-order valence-corrected chi connectivity index (χ2v) is 5.27. The molecule has 1 aromatic rings. The number of hydrogen-bond acceptors (Lipinski definition) is 2. The van der Waals surface area contributed by atoms with Crippen molar-refractivity contribution in [2.24, 2.45) is 5.41 Å². The lowest BCUT2D eigenvalue weighted by atomic mass is 9.90. The maximum Gasteiger partial charge on any atom is 0.0392 e. The first-order chi connectivity index (χ1) is 7.67. The quantitative estimate of drug-likeness (QED) is 0.820. The smallest absolute Gasteiger partial charge is 0.0392 e. The molecule has 0 bridgehead atoms. The summed E-state index contributed by atoms with van der Waals surface area (Å²) in [5.74, 6) is 0. The van der Waals surface area contributed by atoms with Crippen LogP contribution < -0.4 is 5.32 Å². The van der Waals surface area contributed by atoms with E-state index in [0.29, 0.717) is 11.5 Å². The van der Waals surface area contributed by atoms with Crippen molar-refractivity contribution in [3.63, 3.8) is 0 Å². The van der Waals surface area contributed by atoms with Crippen molar-refractivity contribution in [2.45, 2.75) is 46.1 Å². The predicted octanol–water partition coefficient (Wildman–Crippen LogP) is 3.23. The van der Waals surface area contributed by atoms with Crippen LogP contribution in [0, 0.1) is 12.3 Å². The van der Waals surface area contributed by atoms with E-state index in [-0.39, 0.29) is 0 Å². The van der Waals surface area contributed by atoms with E-state index < -0.39 is 0 Å². The number of aromatic nitrogens is 1. The van der Waals surface area contributed by atoms with E-state index in [2.05, 4.69) is 37.1 Å². The summed E-state index contributed by atoms with van der Waals surface area (Å²) in [6, 6.07) is 2.60. The summed E-state index contributed by atoms with van der Waals surface area (Å²) in [4.78, 5) is 4.28. The van der Waals surface area contributed by atoms with Gasteiger partial charge >= 0.3 is 0 Å². The minimum atomic E-state index is 0.461. The van der Waals surface area contributed by atoms with Gasteiger partial charge in [0.25, 0.3) is 0 Å². The van der Waals surface area contributed by atoms with Crippen molar-refractivity contribution in [3.8, 4) is 0 Å². The Kier molecular flexibility index (Phi) is 3.29. The van der Waals surface area contributed by atoms with Gasteiger partial charge < -0.3 is 5.32 Å². The average Bonchev–Trinajstić information content (AvgIpc) is 3.00. The SMILES string of the molecule is CCCNC(c1cnccc1C)C1(C)CC1. The molecule has 0 aromatic carbocycles. The van der Waals surface area contributed by atoms with Crippen molar-refractivity contribution >= 4 is 0 Å². The zero-order valence-electron chi connectivity index (χ0n) is 10.6. The molecule has 0 amide bonds. The number of pyridine rings is 1. The molecule has 1 unspecified atom stereocenters. The third-order valence-electron chi connectivity index (χ3n) is 3.72. The summed E-state index contributed by atoms with van der Waals surface area (Å²) >= 11 is 0. The van der Waals surface area contributed by atoms with Crippen LogP contribution in [0.25, 0.3) is 0 Å². The van der Waals surface area contributed by atoms with E-state index in [1.54, 1.807) is 0 Å². The zero-order chi connectivity index (χ0) is 11.6. The first-order valence-corrected chi connectivity index (χ1v) is 6.31. The van der Waals surface area contributed by atoms with E-state index in [1.165, 1.54) is 30.4 Å². The molecule has 1 fully saturated rings. The van der Waals surface area contributed by atoms with Crippen molar-refractivity contribution in [1.29, 1.82) is 0 Å². The summed E-state index contributed by atoms with van der Waals surface area (Å²) in [7, 11) is 0. The molecule has 88 valence electrons. The summed E-state index contributed by atoms with van der Waals surface area (Å²) < 4.78 is 0. The molecule has 16 heavy (non-hydrogen) atoms. The van der Waals surface area contributed by atoms with Gasteiger partial charge in [0.15, 0.2) is 0 Å². The van der Waals surface area contributed by atoms with Crippen LogP contribution in [0.2, 0.25) is 0 Å². The number of hydrogen-bond donors (Lipinski definition) is 1. The van der Waals surface area contributed by atoms with E-state index in [9.17, 15) is 0 Å². The monoisotopic (exact) mass is 218 g/mol. The van der Waals surface area contributed by atoms with E-state index >= 15 is 0 Å². The fraction of sp³-hybridized carbons (Fsp3) is 0.643. The Balaban J connectivity index is 2.21. The molecule has 1 N–H and O–H groups in total. The highest BCUT2D eigenvalue weighted by Crippen LogP contribution is 2.54. The highest BCUT2D eigenvalue weighted by atomic mass is 14.9. The highest BCUT2D eigenvalue weighted by Gasteiger charge is 2.45. The summed E-state index contributed by atoms with van der Waals surface area (Å²) in [5, 5.41) is 3.69. The van der Waals surface area contributed by atoms with Gasteiger partial charge in [-0.3, -0.25) is 4.98 Å². The third-order valence-corrected chi connectivity index (χ3v) is 3.72. The Hall–Kier alpha value is -0.890. The van der Waals surface area contributed by atoms with E-state index in [4.69, 9.17) is 0 Å². The molecule has 0 aliphatic heterocycles.